The number of hydrogen-bond acceptors (Lipinski definition) is 4. The lowest BCUT2D eigenvalue weighted by Crippen LogP contribution is -2.29. The highest BCUT2D eigenvalue weighted by molar-refractivity contribution is 7.20. The molecule has 25 heavy (non-hydrogen) atoms. The Labute approximate surface area is 152 Å². The lowest BCUT2D eigenvalue weighted by molar-refractivity contribution is 0.0747. The number of hydrogen-bond donors (Lipinski definition) is 0. The summed E-state index contributed by atoms with van der Waals surface area (Å²) in [6.45, 7) is 8.08. The Hall–Kier alpha value is -2.27. The monoisotopic (exact) mass is 353 g/mol. The van der Waals surface area contributed by atoms with Gasteiger partial charge in [-0.3, -0.25) is 4.79 Å². The first kappa shape index (κ1) is 17.5. The van der Waals surface area contributed by atoms with Crippen LogP contribution in [0, 0.1) is 13.8 Å². The van der Waals surface area contributed by atoms with Crippen molar-refractivity contribution in [1.29, 1.82) is 0 Å². The van der Waals surface area contributed by atoms with Crippen molar-refractivity contribution >= 4 is 27.5 Å². The summed E-state index contributed by atoms with van der Waals surface area (Å²) in [6, 6.07) is 10.1. The van der Waals surface area contributed by atoms with Crippen molar-refractivity contribution in [2.75, 3.05) is 7.05 Å². The molecule has 0 spiro atoms. The molecule has 2 heterocycles. The number of carbonyl (C=O) groups excluding carboxylic acids is 1. The average molecular weight is 353 g/mol. The fraction of sp³-hybridized carbons (Fsp3) is 0.350. The molecule has 5 heteroatoms. The molecule has 0 radical (unpaired) electrons. The second-order valence-electron chi connectivity index (χ2n) is 6.32. The number of nitrogens with zero attached hydrogens (tertiary/aromatic N) is 3. The van der Waals surface area contributed by atoms with Crippen molar-refractivity contribution in [3.8, 4) is 0 Å². The van der Waals surface area contributed by atoms with Crippen LogP contribution < -0.4 is 0 Å². The van der Waals surface area contributed by atoms with Crippen LogP contribution in [0.25, 0.3) is 10.2 Å². The maximum absolute atomic E-state index is 13.1. The van der Waals surface area contributed by atoms with Gasteiger partial charge in [0.25, 0.3) is 5.91 Å². The smallest absolute Gasteiger partial charge is 0.264 e. The van der Waals surface area contributed by atoms with Gasteiger partial charge in [-0.05, 0) is 31.9 Å². The predicted molar refractivity (Wildman–Crippen MR) is 103 cm³/mol. The van der Waals surface area contributed by atoms with E-state index < -0.39 is 0 Å². The van der Waals surface area contributed by atoms with Gasteiger partial charge in [-0.25, -0.2) is 9.97 Å². The predicted octanol–water partition coefficient (Wildman–Crippen LogP) is 4.70. The number of aromatic nitrogens is 2. The third-order valence-corrected chi connectivity index (χ3v) is 5.88. The first-order valence-corrected chi connectivity index (χ1v) is 9.34. The van der Waals surface area contributed by atoms with Crippen LogP contribution in [-0.2, 0) is 6.42 Å². The molecule has 0 saturated carbocycles. The maximum Gasteiger partial charge on any atom is 0.264 e. The Balaban J connectivity index is 1.99. The van der Waals surface area contributed by atoms with Gasteiger partial charge in [-0.15, -0.1) is 11.3 Å². The van der Waals surface area contributed by atoms with Crippen molar-refractivity contribution in [3.05, 3.63) is 57.9 Å². The number of thiophene rings is 1. The molecule has 0 saturated heterocycles. The van der Waals surface area contributed by atoms with Gasteiger partial charge in [-0.1, -0.05) is 37.3 Å². The van der Waals surface area contributed by atoms with Crippen molar-refractivity contribution < 1.29 is 4.79 Å². The molecule has 4 nitrogen and oxygen atoms in total. The van der Waals surface area contributed by atoms with Gasteiger partial charge in [0, 0.05) is 24.5 Å². The van der Waals surface area contributed by atoms with Crippen LogP contribution >= 0.6 is 11.3 Å². The van der Waals surface area contributed by atoms with Crippen molar-refractivity contribution in [2.45, 2.75) is 40.2 Å². The standard InChI is InChI=1S/C20H23N3OS/c1-6-16-21-13(3)17-12(2)18(25-19(17)22-16)20(24)23(5)14(4)15-10-8-7-9-11-15/h7-11,14H,6H2,1-5H3. The zero-order valence-corrected chi connectivity index (χ0v) is 16.1. The Morgan fingerprint density at radius 3 is 2.52 bits per heavy atom. The SMILES string of the molecule is CCc1nc(C)c2c(C)c(C(=O)N(C)C(C)c3ccccc3)sc2n1. The highest BCUT2D eigenvalue weighted by Crippen LogP contribution is 2.33. The molecule has 0 fully saturated rings. The van der Waals surface area contributed by atoms with Gasteiger partial charge in [0.15, 0.2) is 0 Å². The summed E-state index contributed by atoms with van der Waals surface area (Å²) in [7, 11) is 1.86. The zero-order chi connectivity index (χ0) is 18.1. The molecule has 3 aromatic rings. The fourth-order valence-corrected chi connectivity index (χ4v) is 4.28. The second kappa shape index (κ2) is 6.92. The summed E-state index contributed by atoms with van der Waals surface area (Å²) in [5, 5.41) is 1.02. The van der Waals surface area contributed by atoms with Crippen LogP contribution in [-0.4, -0.2) is 27.8 Å². The minimum atomic E-state index is 0.0108. The second-order valence-corrected chi connectivity index (χ2v) is 7.32. The number of carbonyl (C=O) groups is 1. The van der Waals surface area contributed by atoms with E-state index in [9.17, 15) is 4.79 Å². The van der Waals surface area contributed by atoms with E-state index in [4.69, 9.17) is 0 Å². The van der Waals surface area contributed by atoms with Gasteiger partial charge in [0.1, 0.15) is 10.7 Å². The molecule has 0 aliphatic heterocycles. The van der Waals surface area contributed by atoms with Gasteiger partial charge in [0.05, 0.1) is 10.9 Å². The molecule has 130 valence electrons. The summed E-state index contributed by atoms with van der Waals surface area (Å²) in [4.78, 5) is 25.7. The largest absolute Gasteiger partial charge is 0.334 e. The molecule has 0 aliphatic carbocycles. The van der Waals surface area contributed by atoms with E-state index in [-0.39, 0.29) is 11.9 Å². The van der Waals surface area contributed by atoms with Crippen LogP contribution in [0.15, 0.2) is 30.3 Å². The van der Waals surface area contributed by atoms with Crippen LogP contribution in [0.1, 0.15) is 52.2 Å². The summed E-state index contributed by atoms with van der Waals surface area (Å²) >= 11 is 1.47. The third kappa shape index (κ3) is 3.16. The normalized spacial score (nSPS) is 12.4. The van der Waals surface area contributed by atoms with E-state index in [1.807, 2.05) is 46.0 Å². The number of benzene rings is 1. The number of rotatable bonds is 4. The minimum Gasteiger partial charge on any atom is -0.334 e. The molecule has 2 aromatic heterocycles. The van der Waals surface area contributed by atoms with Crippen LogP contribution in [0.3, 0.4) is 0 Å². The average Bonchev–Trinajstić information content (AvgIpc) is 2.97. The summed E-state index contributed by atoms with van der Waals surface area (Å²) in [5.74, 6) is 0.866. The molecular weight excluding hydrogens is 330 g/mol. The third-order valence-electron chi connectivity index (χ3n) is 4.71. The number of amides is 1. The van der Waals surface area contributed by atoms with E-state index in [0.717, 1.165) is 44.2 Å². The summed E-state index contributed by atoms with van der Waals surface area (Å²) in [5.41, 5.74) is 3.06. The Morgan fingerprint density at radius 1 is 1.20 bits per heavy atom. The molecular formula is C20H23N3OS. The highest BCUT2D eigenvalue weighted by atomic mass is 32.1. The zero-order valence-electron chi connectivity index (χ0n) is 15.3. The fourth-order valence-electron chi connectivity index (χ4n) is 3.05. The van der Waals surface area contributed by atoms with Gasteiger partial charge in [-0.2, -0.15) is 0 Å². The van der Waals surface area contributed by atoms with Crippen LogP contribution in [0.2, 0.25) is 0 Å². The van der Waals surface area contributed by atoms with E-state index >= 15 is 0 Å². The number of fused-ring (bicyclic) bond motifs is 1. The molecule has 1 amide bonds. The van der Waals surface area contributed by atoms with E-state index in [2.05, 4.69) is 29.0 Å². The van der Waals surface area contributed by atoms with Crippen molar-refractivity contribution in [3.63, 3.8) is 0 Å². The van der Waals surface area contributed by atoms with Crippen LogP contribution in [0.4, 0.5) is 0 Å². The first-order valence-electron chi connectivity index (χ1n) is 8.52. The van der Waals surface area contributed by atoms with Crippen molar-refractivity contribution in [1.82, 2.24) is 14.9 Å². The molecule has 0 N–H and O–H groups in total. The topological polar surface area (TPSA) is 46.1 Å². The molecule has 1 aromatic carbocycles. The summed E-state index contributed by atoms with van der Waals surface area (Å²) < 4.78 is 0. The number of aryl methyl sites for hydroxylation is 3. The van der Waals surface area contributed by atoms with E-state index in [1.165, 1.54) is 11.3 Å². The van der Waals surface area contributed by atoms with Gasteiger partial charge < -0.3 is 4.90 Å². The summed E-state index contributed by atoms with van der Waals surface area (Å²) in [6.07, 6.45) is 0.794. The molecule has 3 rings (SSSR count). The van der Waals surface area contributed by atoms with Crippen LogP contribution in [0.5, 0.6) is 0 Å². The van der Waals surface area contributed by atoms with Gasteiger partial charge >= 0.3 is 0 Å². The Morgan fingerprint density at radius 2 is 1.88 bits per heavy atom. The maximum atomic E-state index is 13.1. The molecule has 1 atom stereocenters. The molecule has 0 bridgehead atoms. The lowest BCUT2D eigenvalue weighted by Gasteiger charge is -2.25. The van der Waals surface area contributed by atoms with Gasteiger partial charge in [0.2, 0.25) is 0 Å². The van der Waals surface area contributed by atoms with E-state index in [0.29, 0.717) is 0 Å². The minimum absolute atomic E-state index is 0.0108. The molecule has 1 unspecified atom stereocenters. The van der Waals surface area contributed by atoms with E-state index in [1.54, 1.807) is 4.90 Å². The Kier molecular flexibility index (Phi) is 4.86. The lowest BCUT2D eigenvalue weighted by atomic mass is 10.1. The molecule has 0 aliphatic rings. The Bertz CT molecular complexity index is 918. The van der Waals surface area contributed by atoms with Crippen molar-refractivity contribution in [2.24, 2.45) is 0 Å². The highest BCUT2D eigenvalue weighted by Gasteiger charge is 2.24. The quantitative estimate of drug-likeness (QED) is 0.683. The first-order chi connectivity index (χ1) is 11.9.